The van der Waals surface area contributed by atoms with Crippen LogP contribution in [0.5, 0.6) is 0 Å². The van der Waals surface area contributed by atoms with E-state index in [0.29, 0.717) is 24.3 Å². The molecule has 0 saturated heterocycles. The Bertz CT molecular complexity index is 1260. The summed E-state index contributed by atoms with van der Waals surface area (Å²) in [4.78, 5) is 47.5. The van der Waals surface area contributed by atoms with Gasteiger partial charge in [0, 0.05) is 6.54 Å². The number of benzene rings is 1. The first-order chi connectivity index (χ1) is 15.3. The number of esters is 1. The molecule has 178 valence electrons. The highest BCUT2D eigenvalue weighted by molar-refractivity contribution is 5.81. The summed E-state index contributed by atoms with van der Waals surface area (Å²) in [6.45, 7) is 14.0. The van der Waals surface area contributed by atoms with E-state index in [0.717, 1.165) is 35.9 Å². The summed E-state index contributed by atoms with van der Waals surface area (Å²) in [5, 5.41) is 0. The van der Waals surface area contributed by atoms with Gasteiger partial charge in [0.05, 0.1) is 16.4 Å². The molecule has 8 nitrogen and oxygen atoms in total. The van der Waals surface area contributed by atoms with Gasteiger partial charge in [-0.3, -0.25) is 14.6 Å². The summed E-state index contributed by atoms with van der Waals surface area (Å²) >= 11 is 0. The molecule has 0 saturated carbocycles. The molecule has 0 atom stereocenters. The maximum atomic E-state index is 12.5. The average Bonchev–Trinajstić information content (AvgIpc) is 2.67. The van der Waals surface area contributed by atoms with E-state index in [1.54, 1.807) is 0 Å². The highest BCUT2D eigenvalue weighted by Crippen LogP contribution is 2.29. The standard InChI is InChI=1S/C25H34N4O4/c1-15-13-17-18(14-16(15)2)29(20-19(26-17)21(30)28-23(32)27-20)12-10-8-9-11-25(6,7)22(31)33-24(3,4)5/h13-14H,8-12H2,1-7H3,(H,28,30,32). The largest absolute Gasteiger partial charge is 0.460 e. The summed E-state index contributed by atoms with van der Waals surface area (Å²) in [5.74, 6) is 0.112. The molecule has 1 N–H and O–H groups in total. The Morgan fingerprint density at radius 1 is 1.00 bits per heavy atom. The van der Waals surface area contributed by atoms with E-state index in [-0.39, 0.29) is 11.7 Å². The zero-order valence-electron chi connectivity index (χ0n) is 20.7. The molecule has 8 heteroatoms. The average molecular weight is 455 g/mol. The lowest BCUT2D eigenvalue weighted by Gasteiger charge is -2.28. The number of H-pyrrole nitrogens is 1. The van der Waals surface area contributed by atoms with Crippen molar-refractivity contribution in [3.8, 4) is 11.5 Å². The second-order valence-corrected chi connectivity index (χ2v) is 10.4. The number of nitrogens with zero attached hydrogens (tertiary/aromatic N) is 3. The molecule has 0 unspecified atom stereocenters. The van der Waals surface area contributed by atoms with Crippen LogP contribution in [0.1, 0.15) is 71.4 Å². The van der Waals surface area contributed by atoms with Crippen molar-refractivity contribution in [3.63, 3.8) is 0 Å². The Balaban J connectivity index is 1.80. The number of ether oxygens (including phenoxy) is 1. The summed E-state index contributed by atoms with van der Waals surface area (Å²) in [5.41, 5.74) is 1.62. The van der Waals surface area contributed by atoms with Gasteiger partial charge < -0.3 is 9.30 Å². The molecule has 0 aliphatic carbocycles. The van der Waals surface area contributed by atoms with E-state index in [1.165, 1.54) is 0 Å². The summed E-state index contributed by atoms with van der Waals surface area (Å²) in [7, 11) is 0. The minimum Gasteiger partial charge on any atom is -0.460 e. The van der Waals surface area contributed by atoms with E-state index in [2.05, 4.69) is 15.0 Å². The van der Waals surface area contributed by atoms with Crippen LogP contribution in [0, 0.1) is 19.3 Å². The number of nitrogens with one attached hydrogen (secondary N) is 1. The fourth-order valence-corrected chi connectivity index (χ4v) is 3.81. The topological polar surface area (TPSA) is 107 Å². The van der Waals surface area contributed by atoms with Crippen LogP contribution in [0.4, 0.5) is 0 Å². The molecule has 2 aliphatic rings. The van der Waals surface area contributed by atoms with Crippen LogP contribution in [-0.2, 0) is 16.1 Å². The highest BCUT2D eigenvalue weighted by atomic mass is 16.6. The molecular formula is C25H34N4O4. The van der Waals surface area contributed by atoms with Gasteiger partial charge in [0.15, 0.2) is 11.5 Å². The number of carbonyl (C=O) groups excluding carboxylic acids is 1. The van der Waals surface area contributed by atoms with Crippen LogP contribution in [0.2, 0.25) is 0 Å². The molecule has 0 radical (unpaired) electrons. The van der Waals surface area contributed by atoms with Gasteiger partial charge in [-0.2, -0.15) is 4.98 Å². The SMILES string of the molecule is Cc1cc2nc3c(=O)[nH]c(=O)nc-3n(CCCCCC(C)(C)C(=O)OC(C)(C)C)c2cc1C. The van der Waals surface area contributed by atoms with Gasteiger partial charge in [0.1, 0.15) is 5.60 Å². The Morgan fingerprint density at radius 3 is 2.33 bits per heavy atom. The van der Waals surface area contributed by atoms with Crippen molar-refractivity contribution in [2.45, 2.75) is 86.3 Å². The maximum absolute atomic E-state index is 12.5. The van der Waals surface area contributed by atoms with Crippen LogP contribution < -0.4 is 11.2 Å². The van der Waals surface area contributed by atoms with Gasteiger partial charge in [-0.25, -0.2) is 9.78 Å². The third-order valence-corrected chi connectivity index (χ3v) is 5.86. The molecule has 0 fully saturated rings. The molecule has 2 aliphatic heterocycles. The van der Waals surface area contributed by atoms with E-state index >= 15 is 0 Å². The Labute approximate surface area is 193 Å². The number of hydrogen-bond donors (Lipinski definition) is 1. The molecule has 0 aromatic heterocycles. The smallest absolute Gasteiger partial charge is 0.349 e. The van der Waals surface area contributed by atoms with E-state index in [4.69, 9.17) is 4.74 Å². The minimum absolute atomic E-state index is 0.163. The maximum Gasteiger partial charge on any atom is 0.349 e. The van der Waals surface area contributed by atoms with Crippen molar-refractivity contribution < 1.29 is 9.53 Å². The lowest BCUT2D eigenvalue weighted by Crippen LogP contribution is -2.33. The second kappa shape index (κ2) is 9.08. The second-order valence-electron chi connectivity index (χ2n) is 10.4. The van der Waals surface area contributed by atoms with Crippen LogP contribution in [0.25, 0.3) is 22.6 Å². The first kappa shape index (κ1) is 24.6. The highest BCUT2D eigenvalue weighted by Gasteiger charge is 2.32. The van der Waals surface area contributed by atoms with Crippen molar-refractivity contribution in [3.05, 3.63) is 44.1 Å². The Morgan fingerprint density at radius 2 is 1.67 bits per heavy atom. The Kier molecular flexibility index (Phi) is 6.77. The lowest BCUT2D eigenvalue weighted by atomic mass is 9.87. The van der Waals surface area contributed by atoms with E-state index in [1.807, 2.05) is 65.2 Å². The summed E-state index contributed by atoms with van der Waals surface area (Å²) in [6.07, 6.45) is 3.25. The van der Waals surface area contributed by atoms with Crippen molar-refractivity contribution in [1.29, 1.82) is 0 Å². The molecular weight excluding hydrogens is 420 g/mol. The van der Waals surface area contributed by atoms with Crippen molar-refractivity contribution in [2.24, 2.45) is 5.41 Å². The van der Waals surface area contributed by atoms with Gasteiger partial charge in [-0.1, -0.05) is 12.8 Å². The molecule has 33 heavy (non-hydrogen) atoms. The first-order valence-electron chi connectivity index (χ1n) is 11.4. The first-order valence-corrected chi connectivity index (χ1v) is 11.4. The predicted molar refractivity (Wildman–Crippen MR) is 129 cm³/mol. The molecule has 0 amide bonds. The predicted octanol–water partition coefficient (Wildman–Crippen LogP) is 4.13. The number of fused-ring (bicyclic) bond motifs is 2. The third-order valence-electron chi connectivity index (χ3n) is 5.86. The van der Waals surface area contributed by atoms with E-state index < -0.39 is 22.3 Å². The third kappa shape index (κ3) is 5.67. The molecule has 1 aromatic rings. The molecule has 3 rings (SSSR count). The minimum atomic E-state index is -0.676. The zero-order valence-corrected chi connectivity index (χ0v) is 20.7. The van der Waals surface area contributed by atoms with Gasteiger partial charge in [-0.15, -0.1) is 0 Å². The molecule has 1 aromatic carbocycles. The number of unbranched alkanes of at least 4 members (excludes halogenated alkanes) is 2. The van der Waals surface area contributed by atoms with Crippen LogP contribution in [0.15, 0.2) is 21.7 Å². The number of rotatable bonds is 7. The van der Waals surface area contributed by atoms with Crippen molar-refractivity contribution in [2.75, 3.05) is 0 Å². The van der Waals surface area contributed by atoms with Crippen LogP contribution in [0.3, 0.4) is 0 Å². The van der Waals surface area contributed by atoms with E-state index in [9.17, 15) is 14.4 Å². The molecule has 2 heterocycles. The molecule has 0 spiro atoms. The number of hydrogen-bond acceptors (Lipinski definition) is 6. The number of aryl methyl sites for hydroxylation is 3. The van der Waals surface area contributed by atoms with Gasteiger partial charge in [-0.05, 0) is 84.6 Å². The van der Waals surface area contributed by atoms with Crippen molar-refractivity contribution >= 4 is 17.0 Å². The van der Waals surface area contributed by atoms with Crippen LogP contribution >= 0.6 is 0 Å². The fourth-order valence-electron chi connectivity index (χ4n) is 3.81. The Hall–Kier alpha value is -3.03. The lowest BCUT2D eigenvalue weighted by molar-refractivity contribution is -0.166. The van der Waals surface area contributed by atoms with Crippen LogP contribution in [-0.4, -0.2) is 31.1 Å². The quantitative estimate of drug-likeness (QED) is 0.327. The monoisotopic (exact) mass is 454 g/mol. The number of aromatic nitrogens is 4. The van der Waals surface area contributed by atoms with Gasteiger partial charge in [0.2, 0.25) is 0 Å². The number of aromatic amines is 1. The van der Waals surface area contributed by atoms with Gasteiger partial charge in [0.25, 0.3) is 5.56 Å². The molecule has 0 bridgehead atoms. The fraction of sp³-hybridized carbons (Fsp3) is 0.560. The summed E-state index contributed by atoms with van der Waals surface area (Å²) in [6, 6.07) is 3.98. The van der Waals surface area contributed by atoms with Crippen molar-refractivity contribution in [1.82, 2.24) is 19.5 Å². The number of carbonyl (C=O) groups is 1. The zero-order chi connectivity index (χ0) is 24.6. The normalized spacial score (nSPS) is 12.5. The summed E-state index contributed by atoms with van der Waals surface area (Å²) < 4.78 is 7.46. The van der Waals surface area contributed by atoms with Gasteiger partial charge >= 0.3 is 11.7 Å².